The smallest absolute Gasteiger partial charge is 0.266 e. The molecule has 0 saturated carbocycles. The highest BCUT2D eigenvalue weighted by Crippen LogP contribution is 2.33. The molecule has 2 aromatic rings. The second-order valence-electron chi connectivity index (χ2n) is 4.85. The van der Waals surface area contributed by atoms with Gasteiger partial charge in [-0.05, 0) is 42.8 Å². The minimum Gasteiger partial charge on any atom is -0.494 e. The molecule has 0 radical (unpaired) electrons. The van der Waals surface area contributed by atoms with Crippen LogP contribution in [-0.4, -0.2) is 21.7 Å². The lowest BCUT2D eigenvalue weighted by atomic mass is 10.2. The number of nitrogens with zero attached hydrogens (tertiary/aromatic N) is 1. The minimum atomic E-state index is -0.0923. The van der Waals surface area contributed by atoms with Crippen LogP contribution in [0, 0.1) is 0 Å². The van der Waals surface area contributed by atoms with E-state index < -0.39 is 0 Å². The van der Waals surface area contributed by atoms with E-state index in [1.807, 2.05) is 43.3 Å². The maximum Gasteiger partial charge on any atom is 0.266 e. The molecule has 1 fully saturated rings. The molecule has 4 nitrogen and oxygen atoms in total. The zero-order chi connectivity index (χ0) is 16.2. The summed E-state index contributed by atoms with van der Waals surface area (Å²) in [5.41, 5.74) is 0.937. The number of rotatable bonds is 5. The van der Waals surface area contributed by atoms with Crippen molar-refractivity contribution < 1.29 is 13.9 Å². The Morgan fingerprint density at radius 1 is 1.30 bits per heavy atom. The first kappa shape index (κ1) is 15.8. The minimum absolute atomic E-state index is 0.0923. The summed E-state index contributed by atoms with van der Waals surface area (Å²) < 4.78 is 11.2. The maximum absolute atomic E-state index is 12.5. The summed E-state index contributed by atoms with van der Waals surface area (Å²) in [6.45, 7) is 2.93. The van der Waals surface area contributed by atoms with Crippen molar-refractivity contribution in [3.8, 4) is 5.75 Å². The second kappa shape index (κ2) is 7.02. The van der Waals surface area contributed by atoms with Crippen LogP contribution in [0.15, 0.2) is 52.0 Å². The number of amides is 1. The number of hydrogen-bond acceptors (Lipinski definition) is 5. The first-order valence-corrected chi connectivity index (χ1v) is 8.40. The van der Waals surface area contributed by atoms with Crippen molar-refractivity contribution >= 4 is 40.3 Å². The maximum atomic E-state index is 12.5. The van der Waals surface area contributed by atoms with E-state index in [0.29, 0.717) is 28.1 Å². The van der Waals surface area contributed by atoms with Gasteiger partial charge in [0.15, 0.2) is 0 Å². The number of carbonyl (C=O) groups is 1. The molecule has 1 amide bonds. The number of carbonyl (C=O) groups excluding carboxylic acids is 1. The molecule has 1 saturated heterocycles. The monoisotopic (exact) mass is 345 g/mol. The van der Waals surface area contributed by atoms with E-state index in [-0.39, 0.29) is 5.91 Å². The van der Waals surface area contributed by atoms with Gasteiger partial charge in [-0.1, -0.05) is 36.1 Å². The van der Waals surface area contributed by atoms with Crippen molar-refractivity contribution in [3.05, 3.63) is 58.9 Å². The summed E-state index contributed by atoms with van der Waals surface area (Å²) in [6, 6.07) is 11.2. The number of ether oxygens (including phenoxy) is 1. The molecule has 0 spiro atoms. The molecule has 2 heterocycles. The predicted molar refractivity (Wildman–Crippen MR) is 95.0 cm³/mol. The van der Waals surface area contributed by atoms with Gasteiger partial charge in [0.1, 0.15) is 15.8 Å². The van der Waals surface area contributed by atoms with E-state index in [1.165, 1.54) is 11.8 Å². The quantitative estimate of drug-likeness (QED) is 0.603. The average molecular weight is 345 g/mol. The SMILES string of the molecule is CCOc1ccc(/C=C2\SC(=S)N(Cc3ccco3)C2=O)cc1. The predicted octanol–water partition coefficient (Wildman–Crippen LogP) is 4.08. The molecule has 0 unspecified atom stereocenters. The average Bonchev–Trinajstić information content (AvgIpc) is 3.14. The Morgan fingerprint density at radius 2 is 2.09 bits per heavy atom. The van der Waals surface area contributed by atoms with E-state index in [4.69, 9.17) is 21.4 Å². The zero-order valence-corrected chi connectivity index (χ0v) is 14.2. The molecule has 0 N–H and O–H groups in total. The van der Waals surface area contributed by atoms with Crippen molar-refractivity contribution in [1.82, 2.24) is 4.90 Å². The van der Waals surface area contributed by atoms with Crippen LogP contribution in [0.3, 0.4) is 0 Å². The highest BCUT2D eigenvalue weighted by molar-refractivity contribution is 8.26. The van der Waals surface area contributed by atoms with E-state index in [2.05, 4.69) is 0 Å². The van der Waals surface area contributed by atoms with Crippen LogP contribution in [0.2, 0.25) is 0 Å². The largest absolute Gasteiger partial charge is 0.494 e. The standard InChI is InChI=1S/C17H15NO3S2/c1-2-20-13-7-5-12(6-8-13)10-15-16(19)18(17(22)23-15)11-14-4-3-9-21-14/h3-10H,2,11H2,1H3/b15-10-. The van der Waals surface area contributed by atoms with Crippen molar-refractivity contribution in [1.29, 1.82) is 0 Å². The number of furan rings is 1. The van der Waals surface area contributed by atoms with Crippen LogP contribution in [-0.2, 0) is 11.3 Å². The van der Waals surface area contributed by atoms with E-state index in [9.17, 15) is 4.79 Å². The van der Waals surface area contributed by atoms with E-state index in [0.717, 1.165) is 11.3 Å². The first-order valence-electron chi connectivity index (χ1n) is 7.18. The van der Waals surface area contributed by atoms with Gasteiger partial charge in [-0.15, -0.1) is 0 Å². The lowest BCUT2D eigenvalue weighted by Gasteiger charge is -2.11. The number of benzene rings is 1. The highest BCUT2D eigenvalue weighted by atomic mass is 32.2. The molecule has 1 aromatic heterocycles. The van der Waals surface area contributed by atoms with E-state index in [1.54, 1.807) is 17.2 Å². The molecule has 23 heavy (non-hydrogen) atoms. The third-order valence-corrected chi connectivity index (χ3v) is 4.63. The Kier molecular flexibility index (Phi) is 4.83. The summed E-state index contributed by atoms with van der Waals surface area (Å²) in [4.78, 5) is 14.7. The Bertz CT molecular complexity index is 736. The Balaban J connectivity index is 1.75. The summed E-state index contributed by atoms with van der Waals surface area (Å²) in [6.07, 6.45) is 3.43. The molecule has 0 aliphatic carbocycles. The highest BCUT2D eigenvalue weighted by Gasteiger charge is 2.32. The third-order valence-electron chi connectivity index (χ3n) is 3.26. The fraction of sp³-hybridized carbons (Fsp3) is 0.176. The molecule has 118 valence electrons. The topological polar surface area (TPSA) is 42.7 Å². The Labute approximate surface area is 144 Å². The molecule has 3 rings (SSSR count). The van der Waals surface area contributed by atoms with Gasteiger partial charge in [-0.3, -0.25) is 9.69 Å². The van der Waals surface area contributed by atoms with Gasteiger partial charge in [0.05, 0.1) is 24.3 Å². The lowest BCUT2D eigenvalue weighted by Crippen LogP contribution is -2.27. The van der Waals surface area contributed by atoms with E-state index >= 15 is 0 Å². The van der Waals surface area contributed by atoms with Crippen molar-refractivity contribution in [3.63, 3.8) is 0 Å². The third kappa shape index (κ3) is 3.65. The normalized spacial score (nSPS) is 16.4. The molecule has 1 aliphatic heterocycles. The summed E-state index contributed by atoms with van der Waals surface area (Å²) in [5.74, 6) is 1.43. The number of thiocarbonyl (C=S) groups is 1. The summed E-state index contributed by atoms with van der Waals surface area (Å²) >= 11 is 6.61. The lowest BCUT2D eigenvalue weighted by molar-refractivity contribution is -0.122. The van der Waals surface area contributed by atoms with Gasteiger partial charge in [-0.25, -0.2) is 0 Å². The fourth-order valence-electron chi connectivity index (χ4n) is 2.17. The van der Waals surface area contributed by atoms with Gasteiger partial charge in [0.25, 0.3) is 5.91 Å². The van der Waals surface area contributed by atoms with Crippen molar-refractivity contribution in [2.45, 2.75) is 13.5 Å². The van der Waals surface area contributed by atoms with Gasteiger partial charge in [0.2, 0.25) is 0 Å². The Morgan fingerprint density at radius 3 is 2.74 bits per heavy atom. The van der Waals surface area contributed by atoms with Crippen LogP contribution in [0.5, 0.6) is 5.75 Å². The van der Waals surface area contributed by atoms with Gasteiger partial charge in [-0.2, -0.15) is 0 Å². The molecule has 1 aromatic carbocycles. The molecule has 1 aliphatic rings. The number of hydrogen-bond donors (Lipinski definition) is 0. The molecule has 0 atom stereocenters. The second-order valence-corrected chi connectivity index (χ2v) is 6.53. The van der Waals surface area contributed by atoms with Crippen LogP contribution >= 0.6 is 24.0 Å². The molecule has 6 heteroatoms. The molecule has 0 bridgehead atoms. The fourth-order valence-corrected chi connectivity index (χ4v) is 3.43. The molecular formula is C17H15NO3S2. The van der Waals surface area contributed by atoms with Gasteiger partial charge in [0, 0.05) is 0 Å². The molecular weight excluding hydrogens is 330 g/mol. The van der Waals surface area contributed by atoms with Crippen LogP contribution in [0.1, 0.15) is 18.2 Å². The van der Waals surface area contributed by atoms with Crippen LogP contribution in [0.4, 0.5) is 0 Å². The van der Waals surface area contributed by atoms with Crippen molar-refractivity contribution in [2.75, 3.05) is 6.61 Å². The zero-order valence-electron chi connectivity index (χ0n) is 12.5. The van der Waals surface area contributed by atoms with Crippen LogP contribution < -0.4 is 4.74 Å². The van der Waals surface area contributed by atoms with Crippen LogP contribution in [0.25, 0.3) is 6.08 Å². The number of thioether (sulfide) groups is 1. The first-order chi connectivity index (χ1) is 11.2. The summed E-state index contributed by atoms with van der Waals surface area (Å²) in [5, 5.41) is 0. The van der Waals surface area contributed by atoms with Gasteiger partial charge >= 0.3 is 0 Å². The summed E-state index contributed by atoms with van der Waals surface area (Å²) in [7, 11) is 0. The van der Waals surface area contributed by atoms with Gasteiger partial charge < -0.3 is 9.15 Å². The Hall–Kier alpha value is -2.05. The van der Waals surface area contributed by atoms with Crippen molar-refractivity contribution in [2.24, 2.45) is 0 Å².